The molecule has 0 saturated carbocycles. The first kappa shape index (κ1) is 83.5. The smallest absolute Gasteiger partial charge is 0.253 e. The number of amides is 6. The van der Waals surface area contributed by atoms with E-state index < -0.39 is 0 Å². The maximum Gasteiger partial charge on any atom is 0.253 e. The van der Waals surface area contributed by atoms with Gasteiger partial charge in [0, 0.05) is 162 Å². The molecule has 6 aromatic carbocycles. The number of unbranched alkanes of at least 4 members (excludes halogenated alkanes) is 2. The Hall–Kier alpha value is -9.92. The van der Waals surface area contributed by atoms with E-state index >= 15 is 0 Å². The maximum absolute atomic E-state index is 13.7. The molecule has 6 amide bonds. The van der Waals surface area contributed by atoms with Gasteiger partial charge in [-0.05, 0) is 208 Å². The lowest BCUT2D eigenvalue weighted by Gasteiger charge is -2.23. The molecule has 6 heterocycles. The van der Waals surface area contributed by atoms with Gasteiger partial charge in [0.1, 0.15) is 17.5 Å². The van der Waals surface area contributed by atoms with Crippen LogP contribution in [-0.4, -0.2) is 200 Å². The summed E-state index contributed by atoms with van der Waals surface area (Å²) in [5, 5.41) is 7.01. The molecule has 111 heavy (non-hydrogen) atoms. The molecule has 0 spiro atoms. The van der Waals surface area contributed by atoms with Crippen LogP contribution in [-0.2, 0) is 14.4 Å². The number of nitrogens with zero attached hydrogens (tertiary/aromatic N) is 10. The van der Waals surface area contributed by atoms with E-state index in [1.165, 1.54) is 0 Å². The van der Waals surface area contributed by atoms with Crippen molar-refractivity contribution in [1.29, 1.82) is 0 Å². The number of carbonyl (C=O) groups excluding carboxylic acids is 6. The number of rotatable bonds is 26. The summed E-state index contributed by atoms with van der Waals surface area (Å²) in [6.07, 6.45) is 21.8. The van der Waals surface area contributed by atoms with Gasteiger partial charge in [0.15, 0.2) is 0 Å². The highest BCUT2D eigenvalue weighted by molar-refractivity contribution is 7.78. The van der Waals surface area contributed by atoms with Gasteiger partial charge in [-0.25, -0.2) is 4.99 Å². The summed E-state index contributed by atoms with van der Waals surface area (Å²) in [7, 11) is 5.84. The molecule has 0 atom stereocenters. The highest BCUT2D eigenvalue weighted by atomic mass is 32.1. The predicted octanol–water partition coefficient (Wildman–Crippen LogP) is 17.1. The Morgan fingerprint density at radius 1 is 0.423 bits per heavy atom. The molecule has 0 radical (unpaired) electrons. The number of thiol groups is 1. The highest BCUT2D eigenvalue weighted by Crippen LogP contribution is 2.36. The van der Waals surface area contributed by atoms with E-state index in [9.17, 15) is 28.8 Å². The van der Waals surface area contributed by atoms with Crippen LogP contribution in [0.3, 0.4) is 0 Å². The molecule has 3 N–H and O–H groups in total. The number of likely N-dealkylation sites (tertiary alicyclic amines) is 3. The minimum Gasteiger partial charge on any atom is -0.343 e. The van der Waals surface area contributed by atoms with Crippen LogP contribution in [0.5, 0.6) is 0 Å². The molecule has 19 nitrogen and oxygen atoms in total. The van der Waals surface area contributed by atoms with Crippen LogP contribution in [0.4, 0.5) is 17.1 Å². The van der Waals surface area contributed by atoms with Gasteiger partial charge >= 0.3 is 0 Å². The van der Waals surface area contributed by atoms with Crippen molar-refractivity contribution in [3.05, 3.63) is 177 Å². The van der Waals surface area contributed by atoms with Crippen molar-refractivity contribution in [2.75, 3.05) is 123 Å². The number of nitrogens with one attached hydrogen (secondary N) is 3. The zero-order chi connectivity index (χ0) is 78.8. The first-order chi connectivity index (χ1) is 54.0. The minimum absolute atomic E-state index is 0.0557. The van der Waals surface area contributed by atoms with E-state index in [4.69, 9.17) is 9.98 Å². The minimum atomic E-state index is 0.0557. The quantitative estimate of drug-likeness (QED) is 0.0379. The number of amidine groups is 3. The average molecular weight is 1520 g/mol. The summed E-state index contributed by atoms with van der Waals surface area (Å²) >= 11 is 4.24. The summed E-state index contributed by atoms with van der Waals surface area (Å²) in [6, 6.07) is 42.1. The number of carbonyl (C=O) groups is 6. The summed E-state index contributed by atoms with van der Waals surface area (Å²) in [6.45, 7) is 23.9. The molecule has 6 aliphatic heterocycles. The molecule has 588 valence electrons. The summed E-state index contributed by atoms with van der Waals surface area (Å²) in [5.74, 6) is 2.83. The molecule has 20 heteroatoms. The van der Waals surface area contributed by atoms with Gasteiger partial charge in [0.25, 0.3) is 17.7 Å². The van der Waals surface area contributed by atoms with E-state index in [0.29, 0.717) is 37.2 Å². The number of hydrogen-bond donors (Lipinski definition) is 4. The van der Waals surface area contributed by atoms with Crippen LogP contribution in [0.25, 0.3) is 51.6 Å². The highest BCUT2D eigenvalue weighted by Gasteiger charge is 2.28. The van der Waals surface area contributed by atoms with Gasteiger partial charge < -0.3 is 49.7 Å². The first-order valence-corrected chi connectivity index (χ1v) is 41.2. The second-order valence-electron chi connectivity index (χ2n) is 30.0. The fourth-order valence-corrected chi connectivity index (χ4v) is 15.0. The van der Waals surface area contributed by atoms with Crippen molar-refractivity contribution in [1.82, 2.24) is 39.0 Å². The molecule has 12 rings (SSSR count). The lowest BCUT2D eigenvalue weighted by Crippen LogP contribution is -2.34. The van der Waals surface area contributed by atoms with Crippen LogP contribution in [0.15, 0.2) is 159 Å². The maximum atomic E-state index is 13.7. The first-order valence-electron chi connectivity index (χ1n) is 40.7. The van der Waals surface area contributed by atoms with Gasteiger partial charge in [-0.15, -0.1) is 0 Å². The van der Waals surface area contributed by atoms with Crippen LogP contribution >= 0.6 is 12.8 Å². The zero-order valence-electron chi connectivity index (χ0n) is 67.1. The standard InChI is InChI=1S/C33H45N5O2.C30H38N4O2.C28H34N4O2S/c1-5-7-18-37(17-6-2)33(40)29-22-28-15-14-27(23-30(28)35-31(24-29)34-16-21-36(3)4)25-10-12-26(13-11-25)32(39)38-19-8-9-20-38;1-4-6-16-33(15-5-2)30(36)26-19-25-14-13-24(20-27(25)32-28(21-26)31-3)22-9-11-23(12-10-22)29(35)34-17-7-8-18-34;1-3-13-31(14-4-2)28(34)24-17-23-12-11-22(18-25(23)29-26(19-24)30-35)20-7-9-21(10-8-20)27(33)32-15-5-6-16-32/h10-15,22-23H,5-9,16-21,24H2,1-4H3,(H,34,35);9-14,19-20H,4-8,15-18,21H2,1-3H3,(H,31,32);7-12,17-18,35H,3-6,13-16,19H2,1-2H3,(H,29,30). The Kier molecular flexibility index (Phi) is 31.6. The third kappa shape index (κ3) is 22.7. The molecule has 0 unspecified atom stereocenters. The normalized spacial score (nSPS) is 15.8. The number of aliphatic imine (C=N–C) groups is 3. The second kappa shape index (κ2) is 41.9. The van der Waals surface area contributed by atoms with Gasteiger partial charge in [-0.3, -0.25) is 38.8 Å². The Morgan fingerprint density at radius 3 is 1.14 bits per heavy atom. The molecular weight excluding hydrogens is 1400 g/mol. The SMILES string of the molecule is CCCCN(CCC)C(=O)C1=Cc2ccc(-c3ccc(C(=O)N4CCCC4)cc3)cc2NC(=NC)C1.CCCCN(CCC)C(=O)C1=Cc2ccc(-c3ccc(C(=O)N4CCCC4)cc3)cc2NC(=NCCN(C)C)C1.CCCN(CCC)C(=O)C1=Cc2ccc(-c3ccc(C(=O)N4CCCC4)cc3)cc2N=C(NS)C1. The predicted molar refractivity (Wildman–Crippen MR) is 460 cm³/mol. The van der Waals surface area contributed by atoms with Crippen LogP contribution < -0.4 is 15.4 Å². The van der Waals surface area contributed by atoms with Crippen LogP contribution in [0.1, 0.15) is 198 Å². The molecule has 3 saturated heterocycles. The Morgan fingerprint density at radius 2 is 0.766 bits per heavy atom. The Balaban J connectivity index is 0.000000177. The lowest BCUT2D eigenvalue weighted by atomic mass is 9.99. The second-order valence-corrected chi connectivity index (χ2v) is 30.2. The Labute approximate surface area is 665 Å². The molecule has 0 aliphatic carbocycles. The van der Waals surface area contributed by atoms with Crippen LogP contribution in [0, 0.1) is 0 Å². The van der Waals surface area contributed by atoms with Crippen molar-refractivity contribution in [3.63, 3.8) is 0 Å². The fourth-order valence-electron chi connectivity index (χ4n) is 14.9. The third-order valence-electron chi connectivity index (χ3n) is 21.1. The van der Waals surface area contributed by atoms with Gasteiger partial charge in [-0.1, -0.05) is 140 Å². The molecular formula is C91H117N13O6S. The topological polar surface area (TPSA) is 198 Å². The van der Waals surface area contributed by atoms with Gasteiger partial charge in [-0.2, -0.15) is 0 Å². The third-order valence-corrected chi connectivity index (χ3v) is 21.3. The van der Waals surface area contributed by atoms with E-state index in [0.717, 1.165) is 282 Å². The Bertz CT molecular complexity index is 4380. The number of likely N-dealkylation sites (N-methyl/N-ethyl adjacent to an activating group) is 1. The average Bonchev–Trinajstić information content (AvgIpc) is 1.78. The van der Waals surface area contributed by atoms with E-state index in [1.807, 2.05) is 153 Å². The number of hydrogen-bond acceptors (Lipinski definition) is 12. The van der Waals surface area contributed by atoms with Crippen molar-refractivity contribution in [2.24, 2.45) is 15.0 Å². The molecule has 6 aromatic rings. The van der Waals surface area contributed by atoms with Crippen molar-refractivity contribution in [3.8, 4) is 33.4 Å². The lowest BCUT2D eigenvalue weighted by molar-refractivity contribution is -0.128. The van der Waals surface area contributed by atoms with Gasteiger partial charge in [0.2, 0.25) is 17.7 Å². The summed E-state index contributed by atoms with van der Waals surface area (Å²) in [5.41, 5.74) is 16.2. The van der Waals surface area contributed by atoms with E-state index in [2.05, 4.69) is 116 Å². The van der Waals surface area contributed by atoms with Crippen molar-refractivity contribution >= 4 is 101 Å². The van der Waals surface area contributed by atoms with Crippen molar-refractivity contribution < 1.29 is 28.8 Å². The molecule has 3 fully saturated rings. The largest absolute Gasteiger partial charge is 0.343 e. The number of fused-ring (bicyclic) bond motifs is 3. The van der Waals surface area contributed by atoms with E-state index in [1.54, 1.807) is 7.05 Å². The number of anilines is 2. The molecule has 0 aromatic heterocycles. The monoisotopic (exact) mass is 1520 g/mol. The molecule has 0 bridgehead atoms. The zero-order valence-corrected chi connectivity index (χ0v) is 68.0. The summed E-state index contributed by atoms with van der Waals surface area (Å²) in [4.78, 5) is 106. The molecule has 6 aliphatic rings. The van der Waals surface area contributed by atoms with Crippen LogP contribution in [0.2, 0.25) is 0 Å². The van der Waals surface area contributed by atoms with E-state index in [-0.39, 0.29) is 35.4 Å². The fraction of sp³-hybridized carbons (Fsp3) is 0.440. The summed E-state index contributed by atoms with van der Waals surface area (Å²) < 4.78 is 2.87. The van der Waals surface area contributed by atoms with Crippen molar-refractivity contribution in [2.45, 2.75) is 151 Å². The van der Waals surface area contributed by atoms with Gasteiger partial charge in [0.05, 0.1) is 12.2 Å². The number of benzene rings is 6.